The van der Waals surface area contributed by atoms with Crippen molar-refractivity contribution in [3.8, 4) is 11.1 Å². The third kappa shape index (κ3) is 3.57. The van der Waals surface area contributed by atoms with Crippen molar-refractivity contribution in [1.29, 1.82) is 0 Å². The highest BCUT2D eigenvalue weighted by atomic mass is 32.2. The van der Waals surface area contributed by atoms with Crippen LogP contribution in [0.15, 0.2) is 53.6 Å². The van der Waals surface area contributed by atoms with Gasteiger partial charge in [-0.1, -0.05) is 30.3 Å². The second-order valence-corrected chi connectivity index (χ2v) is 9.62. The Morgan fingerprint density at radius 3 is 2.38 bits per heavy atom. The van der Waals surface area contributed by atoms with Gasteiger partial charge < -0.3 is 4.57 Å². The number of aromatic nitrogens is 3. The zero-order valence-corrected chi connectivity index (χ0v) is 18.0. The molecule has 9 heteroatoms. The van der Waals surface area contributed by atoms with Crippen molar-refractivity contribution in [1.82, 2.24) is 14.5 Å². The molecule has 4 aromatic rings. The number of hydrogen-bond acceptors (Lipinski definition) is 4. The smallest absolute Gasteiger partial charge is 0.238 e. The van der Waals surface area contributed by atoms with Gasteiger partial charge in [0.25, 0.3) is 0 Å². The first-order valence-electron chi connectivity index (χ1n) is 10.2. The summed E-state index contributed by atoms with van der Waals surface area (Å²) in [5.41, 5.74) is 3.71. The van der Waals surface area contributed by atoms with Crippen LogP contribution < -0.4 is 5.14 Å². The van der Waals surface area contributed by atoms with Crippen LogP contribution in [0.4, 0.5) is 8.78 Å². The molecule has 0 amide bonds. The molecule has 1 fully saturated rings. The maximum absolute atomic E-state index is 14.9. The molecule has 32 heavy (non-hydrogen) atoms. The molecule has 1 aliphatic carbocycles. The fraction of sp³-hybridized carbons (Fsp3) is 0.217. The fourth-order valence-electron chi connectivity index (χ4n) is 4.05. The summed E-state index contributed by atoms with van der Waals surface area (Å²) in [6.45, 7) is 1.76. The van der Waals surface area contributed by atoms with Crippen molar-refractivity contribution in [3.63, 3.8) is 0 Å². The van der Waals surface area contributed by atoms with Crippen LogP contribution in [0.25, 0.3) is 22.2 Å². The maximum Gasteiger partial charge on any atom is 0.238 e. The van der Waals surface area contributed by atoms with Crippen molar-refractivity contribution in [2.45, 2.75) is 37.1 Å². The van der Waals surface area contributed by atoms with E-state index in [4.69, 9.17) is 10.1 Å². The van der Waals surface area contributed by atoms with Crippen LogP contribution >= 0.6 is 0 Å². The summed E-state index contributed by atoms with van der Waals surface area (Å²) in [6.07, 6.45) is 3.58. The molecule has 0 unspecified atom stereocenters. The second kappa shape index (κ2) is 7.46. The number of aryl methyl sites for hydroxylation is 1. The lowest BCUT2D eigenvalue weighted by Crippen LogP contribution is -2.15. The summed E-state index contributed by atoms with van der Waals surface area (Å²) in [5, 5.41) is 5.04. The first kappa shape index (κ1) is 20.7. The molecule has 0 bridgehead atoms. The number of sulfonamides is 1. The van der Waals surface area contributed by atoms with E-state index >= 15 is 0 Å². The average Bonchev–Trinajstić information content (AvgIpc) is 3.52. The van der Waals surface area contributed by atoms with E-state index in [0.29, 0.717) is 5.52 Å². The van der Waals surface area contributed by atoms with Crippen molar-refractivity contribution < 1.29 is 17.2 Å². The number of fused-ring (bicyclic) bond motifs is 1. The molecule has 0 saturated heterocycles. The summed E-state index contributed by atoms with van der Waals surface area (Å²) in [4.78, 5) is 8.65. The number of halogens is 2. The van der Waals surface area contributed by atoms with E-state index in [1.54, 1.807) is 6.20 Å². The molecular formula is C23H20F2N4O2S. The van der Waals surface area contributed by atoms with Gasteiger partial charge >= 0.3 is 0 Å². The number of nitrogens with zero attached hydrogens (tertiary/aromatic N) is 3. The molecule has 164 valence electrons. The molecule has 0 atom stereocenters. The van der Waals surface area contributed by atoms with Crippen LogP contribution in [0, 0.1) is 18.6 Å². The van der Waals surface area contributed by atoms with Crippen LogP contribution in [-0.2, 0) is 16.6 Å². The lowest BCUT2D eigenvalue weighted by molar-refractivity contribution is 0.534. The molecule has 0 aliphatic heterocycles. The van der Waals surface area contributed by atoms with Gasteiger partial charge in [-0.05, 0) is 37.5 Å². The van der Waals surface area contributed by atoms with Crippen molar-refractivity contribution in [3.05, 3.63) is 77.4 Å². The highest BCUT2D eigenvalue weighted by molar-refractivity contribution is 7.89. The van der Waals surface area contributed by atoms with Gasteiger partial charge in [-0.15, -0.1) is 0 Å². The van der Waals surface area contributed by atoms with Gasteiger partial charge in [0.1, 0.15) is 23.0 Å². The number of primary sulfonamides is 1. The van der Waals surface area contributed by atoms with Crippen molar-refractivity contribution in [2.75, 3.05) is 0 Å². The van der Waals surface area contributed by atoms with Crippen LogP contribution in [0.5, 0.6) is 0 Å². The highest BCUT2D eigenvalue weighted by Gasteiger charge is 2.31. The molecule has 6 nitrogen and oxygen atoms in total. The summed E-state index contributed by atoms with van der Waals surface area (Å²) in [6, 6.07) is 11.2. The average molecular weight is 455 g/mol. The first-order chi connectivity index (χ1) is 15.2. The number of nitrogens with two attached hydrogens (primary N) is 1. The summed E-state index contributed by atoms with van der Waals surface area (Å²) in [5.74, 6) is -0.977. The van der Waals surface area contributed by atoms with Crippen molar-refractivity contribution in [2.24, 2.45) is 5.14 Å². The molecule has 2 aromatic carbocycles. The van der Waals surface area contributed by atoms with E-state index in [2.05, 4.69) is 4.98 Å². The summed E-state index contributed by atoms with van der Waals surface area (Å²) in [7, 11) is -4.23. The Hall–Kier alpha value is -3.17. The number of hydrogen-bond donors (Lipinski definition) is 1. The van der Waals surface area contributed by atoms with Gasteiger partial charge in [-0.3, -0.25) is 4.98 Å². The van der Waals surface area contributed by atoms with Gasteiger partial charge in [0.15, 0.2) is 0 Å². The van der Waals surface area contributed by atoms with Crippen LogP contribution in [0.2, 0.25) is 0 Å². The number of imidazole rings is 1. The minimum absolute atomic E-state index is 0.131. The van der Waals surface area contributed by atoms with Crippen LogP contribution in [-0.4, -0.2) is 23.0 Å². The maximum atomic E-state index is 14.9. The Labute approximate surface area is 183 Å². The topological polar surface area (TPSA) is 90.9 Å². The lowest BCUT2D eigenvalue weighted by atomic mass is 10.0. The normalized spacial score (nSPS) is 14.2. The van der Waals surface area contributed by atoms with Gasteiger partial charge in [0, 0.05) is 22.7 Å². The molecule has 5 rings (SSSR count). The highest BCUT2D eigenvalue weighted by Crippen LogP contribution is 2.43. The van der Waals surface area contributed by atoms with Gasteiger partial charge in [0.2, 0.25) is 10.0 Å². The molecule has 0 spiro atoms. The van der Waals surface area contributed by atoms with E-state index in [0.717, 1.165) is 53.1 Å². The zero-order valence-electron chi connectivity index (χ0n) is 17.2. The second-order valence-electron chi connectivity index (χ2n) is 8.06. The molecule has 1 aliphatic rings. The number of benzene rings is 2. The Kier molecular flexibility index (Phi) is 4.83. The van der Waals surface area contributed by atoms with Crippen molar-refractivity contribution >= 4 is 21.1 Å². The van der Waals surface area contributed by atoms with Gasteiger partial charge in [-0.25, -0.2) is 27.3 Å². The van der Waals surface area contributed by atoms with Gasteiger partial charge in [-0.2, -0.15) is 0 Å². The van der Waals surface area contributed by atoms with Gasteiger partial charge in [0.05, 0.1) is 23.2 Å². The lowest BCUT2D eigenvalue weighted by Gasteiger charge is -2.15. The minimum atomic E-state index is -4.23. The molecule has 2 N–H and O–H groups in total. The number of pyridine rings is 1. The Morgan fingerprint density at radius 1 is 1.12 bits per heavy atom. The SMILES string of the molecule is Cc1ncc2nc(C3CC3)n(Cc3c(F)cc(S(N)(=O)=O)cc3F)c2c1-c1ccccc1. The largest absolute Gasteiger partial charge is 0.322 e. The first-order valence-corrected chi connectivity index (χ1v) is 11.7. The van der Waals surface area contributed by atoms with Crippen LogP contribution in [0.3, 0.4) is 0 Å². The predicted octanol–water partition coefficient (Wildman–Crippen LogP) is 4.26. The van der Waals surface area contributed by atoms with E-state index in [-0.39, 0.29) is 18.0 Å². The van der Waals surface area contributed by atoms with E-state index in [1.165, 1.54) is 0 Å². The third-order valence-electron chi connectivity index (χ3n) is 5.77. The Morgan fingerprint density at radius 2 is 1.78 bits per heavy atom. The van der Waals surface area contributed by atoms with E-state index in [9.17, 15) is 17.2 Å². The molecule has 2 heterocycles. The van der Waals surface area contributed by atoms with E-state index < -0.39 is 26.6 Å². The fourth-order valence-corrected chi connectivity index (χ4v) is 4.59. The predicted molar refractivity (Wildman–Crippen MR) is 117 cm³/mol. The standard InChI is InChI=1S/C23H20F2N4O2S/c1-13-21(14-5-3-2-4-6-14)22-20(11-27-13)28-23(15-7-8-15)29(22)12-17-18(24)9-16(10-19(17)25)32(26,30)31/h2-6,9-11,15H,7-8,12H2,1H3,(H2,26,30,31). The molecular weight excluding hydrogens is 434 g/mol. The minimum Gasteiger partial charge on any atom is -0.322 e. The Balaban J connectivity index is 1.74. The molecule has 2 aromatic heterocycles. The molecule has 1 saturated carbocycles. The summed E-state index contributed by atoms with van der Waals surface area (Å²) >= 11 is 0. The third-order valence-corrected chi connectivity index (χ3v) is 6.66. The zero-order chi connectivity index (χ0) is 22.6. The van der Waals surface area contributed by atoms with Crippen LogP contribution in [0.1, 0.15) is 35.8 Å². The monoisotopic (exact) mass is 454 g/mol. The summed E-state index contributed by atoms with van der Waals surface area (Å²) < 4.78 is 54.7. The number of rotatable bonds is 5. The van der Waals surface area contributed by atoms with E-state index in [1.807, 2.05) is 41.8 Å². The Bertz CT molecular complexity index is 1440. The molecule has 0 radical (unpaired) electrons. The quantitative estimate of drug-likeness (QED) is 0.488.